The summed E-state index contributed by atoms with van der Waals surface area (Å²) >= 11 is 19.7. The lowest BCUT2D eigenvalue weighted by molar-refractivity contribution is 0.465. The molecule has 0 amide bonds. The summed E-state index contributed by atoms with van der Waals surface area (Å²) in [7, 11) is 0. The van der Waals surface area contributed by atoms with Gasteiger partial charge >= 0.3 is 0 Å². The molecule has 2 aromatic rings. The molecular formula is C25H21Cl3O3. The van der Waals surface area contributed by atoms with E-state index >= 15 is 0 Å². The monoisotopic (exact) mass is 474 g/mol. The van der Waals surface area contributed by atoms with Gasteiger partial charge in [0.1, 0.15) is 17.1 Å². The Bertz CT molecular complexity index is 1450. The van der Waals surface area contributed by atoms with Crippen molar-refractivity contribution in [2.75, 3.05) is 0 Å². The first kappa shape index (κ1) is 22.0. The first-order valence-electron chi connectivity index (χ1n) is 9.81. The molecule has 1 aliphatic carbocycles. The van der Waals surface area contributed by atoms with Gasteiger partial charge in [-0.05, 0) is 75.9 Å². The van der Waals surface area contributed by atoms with Gasteiger partial charge in [-0.25, -0.2) is 0 Å². The Morgan fingerprint density at radius 1 is 0.710 bits per heavy atom. The van der Waals surface area contributed by atoms with Crippen LogP contribution in [0.25, 0.3) is 33.4 Å². The quantitative estimate of drug-likeness (QED) is 0.283. The highest BCUT2D eigenvalue weighted by molar-refractivity contribution is 6.37. The first-order valence-corrected chi connectivity index (χ1v) is 10.9. The van der Waals surface area contributed by atoms with Crippen molar-refractivity contribution in [3.05, 3.63) is 70.8 Å². The van der Waals surface area contributed by atoms with Gasteiger partial charge in [-0.3, -0.25) is 4.79 Å². The second kappa shape index (κ2) is 7.44. The average Bonchev–Trinajstić information content (AvgIpc) is 2.75. The second-order valence-corrected chi connectivity index (χ2v) is 9.22. The third-order valence-electron chi connectivity index (χ3n) is 6.33. The Morgan fingerprint density at radius 3 is 1.97 bits per heavy atom. The predicted octanol–water partition coefficient (Wildman–Crippen LogP) is 8.08. The number of phenolic OH excluding ortho intramolecular Hbond substituents is 1. The van der Waals surface area contributed by atoms with Crippen LogP contribution >= 0.6 is 34.8 Å². The maximum atomic E-state index is 12.8. The minimum absolute atomic E-state index is 0.154. The van der Waals surface area contributed by atoms with E-state index in [9.17, 15) is 9.90 Å². The van der Waals surface area contributed by atoms with E-state index in [-0.39, 0.29) is 16.2 Å². The van der Waals surface area contributed by atoms with E-state index in [4.69, 9.17) is 39.2 Å². The number of rotatable bonds is 1. The maximum absolute atomic E-state index is 12.8. The molecule has 0 saturated heterocycles. The minimum atomic E-state index is -0.277. The van der Waals surface area contributed by atoms with E-state index in [2.05, 4.69) is 0 Å². The van der Waals surface area contributed by atoms with Crippen LogP contribution in [0.15, 0.2) is 21.3 Å². The molecule has 1 N–H and O–H groups in total. The maximum Gasteiger partial charge on any atom is 0.204 e. The standard InChI is InChI=1S/C25H21Cl3O3/c1-9-10(2)22(29)13(5)24-18(9)20(17-11(3)15(26)7-8-16(17)27)19-12(4)21(28)23(30)14(6)25(19)31-24/h7-8,29H,1-6H3. The molecule has 0 fully saturated rings. The molecule has 0 saturated carbocycles. The fourth-order valence-corrected chi connectivity index (χ4v) is 5.00. The molecule has 0 bridgehead atoms. The van der Waals surface area contributed by atoms with Crippen molar-refractivity contribution in [3.63, 3.8) is 0 Å². The van der Waals surface area contributed by atoms with Crippen LogP contribution in [0.4, 0.5) is 0 Å². The lowest BCUT2D eigenvalue weighted by Gasteiger charge is -2.24. The summed E-state index contributed by atoms with van der Waals surface area (Å²) in [5.41, 5.74) is 6.52. The van der Waals surface area contributed by atoms with Gasteiger partial charge in [0.15, 0.2) is 0 Å². The van der Waals surface area contributed by atoms with Gasteiger partial charge in [0.2, 0.25) is 5.43 Å². The van der Waals surface area contributed by atoms with E-state index in [1.165, 1.54) is 0 Å². The molecule has 160 valence electrons. The van der Waals surface area contributed by atoms with Crippen molar-refractivity contribution < 1.29 is 9.52 Å². The Hall–Kier alpha value is -2.20. The topological polar surface area (TPSA) is 50.4 Å². The molecule has 0 radical (unpaired) electrons. The third kappa shape index (κ3) is 2.98. The number of aromatic hydroxyl groups is 1. The fourth-order valence-electron chi connectivity index (χ4n) is 4.31. The average molecular weight is 476 g/mol. The van der Waals surface area contributed by atoms with Gasteiger partial charge in [-0.2, -0.15) is 0 Å². The van der Waals surface area contributed by atoms with Crippen molar-refractivity contribution in [1.82, 2.24) is 0 Å². The largest absolute Gasteiger partial charge is 0.507 e. The molecule has 31 heavy (non-hydrogen) atoms. The van der Waals surface area contributed by atoms with Crippen LogP contribution in [0.2, 0.25) is 15.1 Å². The van der Waals surface area contributed by atoms with Crippen molar-refractivity contribution in [2.24, 2.45) is 0 Å². The van der Waals surface area contributed by atoms with E-state index in [1.54, 1.807) is 32.9 Å². The molecule has 1 aliphatic heterocycles. The highest BCUT2D eigenvalue weighted by atomic mass is 35.5. The zero-order chi connectivity index (χ0) is 22.9. The summed E-state index contributed by atoms with van der Waals surface area (Å²) in [6.45, 7) is 11.0. The van der Waals surface area contributed by atoms with Gasteiger partial charge < -0.3 is 9.52 Å². The van der Waals surface area contributed by atoms with Crippen LogP contribution in [-0.4, -0.2) is 5.11 Å². The summed E-state index contributed by atoms with van der Waals surface area (Å²) < 4.78 is 6.32. The number of aryl methyl sites for hydroxylation is 2. The Morgan fingerprint density at radius 2 is 1.32 bits per heavy atom. The molecule has 0 spiro atoms. The Labute approximate surface area is 195 Å². The zero-order valence-electron chi connectivity index (χ0n) is 18.1. The summed E-state index contributed by atoms with van der Waals surface area (Å²) in [6, 6.07) is 3.52. The third-order valence-corrected chi connectivity index (χ3v) is 7.51. The normalized spacial score (nSPS) is 11.6. The molecule has 4 rings (SSSR count). The number of halogens is 3. The molecule has 3 nitrogen and oxygen atoms in total. The molecule has 2 aromatic carbocycles. The number of benzene rings is 3. The molecule has 1 heterocycles. The van der Waals surface area contributed by atoms with Crippen LogP contribution in [0.1, 0.15) is 33.4 Å². The van der Waals surface area contributed by atoms with Gasteiger partial charge in [0.05, 0.1) is 5.02 Å². The molecule has 0 unspecified atom stereocenters. The zero-order valence-corrected chi connectivity index (χ0v) is 20.3. The predicted molar refractivity (Wildman–Crippen MR) is 130 cm³/mol. The van der Waals surface area contributed by atoms with Crippen LogP contribution in [0, 0.1) is 41.5 Å². The van der Waals surface area contributed by atoms with Crippen molar-refractivity contribution in [3.8, 4) is 28.2 Å². The van der Waals surface area contributed by atoms with Crippen molar-refractivity contribution in [1.29, 1.82) is 0 Å². The summed E-state index contributed by atoms with van der Waals surface area (Å²) in [4.78, 5) is 12.8. The lowest BCUT2D eigenvalue weighted by Crippen LogP contribution is -2.12. The smallest absolute Gasteiger partial charge is 0.204 e. The Kier molecular flexibility index (Phi) is 5.28. The van der Waals surface area contributed by atoms with E-state index in [0.29, 0.717) is 38.1 Å². The molecule has 2 aliphatic rings. The van der Waals surface area contributed by atoms with E-state index < -0.39 is 0 Å². The van der Waals surface area contributed by atoms with Crippen LogP contribution < -0.4 is 5.43 Å². The number of phenols is 1. The number of hydrogen-bond donors (Lipinski definition) is 1. The fraction of sp³-hybridized carbons (Fsp3) is 0.240. The lowest BCUT2D eigenvalue weighted by atomic mass is 9.84. The summed E-state index contributed by atoms with van der Waals surface area (Å²) in [5.74, 6) is 0.592. The number of hydrogen-bond acceptors (Lipinski definition) is 3. The highest BCUT2D eigenvalue weighted by Crippen LogP contribution is 2.50. The minimum Gasteiger partial charge on any atom is -0.507 e. The van der Waals surface area contributed by atoms with E-state index in [0.717, 1.165) is 38.8 Å². The van der Waals surface area contributed by atoms with Gasteiger partial charge in [-0.15, -0.1) is 0 Å². The first-order chi connectivity index (χ1) is 14.5. The molecular weight excluding hydrogens is 455 g/mol. The van der Waals surface area contributed by atoms with Crippen LogP contribution in [0.5, 0.6) is 5.75 Å². The van der Waals surface area contributed by atoms with Gasteiger partial charge in [0.25, 0.3) is 0 Å². The Balaban J connectivity index is 2.48. The summed E-state index contributed by atoms with van der Waals surface area (Å²) in [6.07, 6.45) is 0. The van der Waals surface area contributed by atoms with Gasteiger partial charge in [0, 0.05) is 43.2 Å². The number of fused-ring (bicyclic) bond motifs is 2. The van der Waals surface area contributed by atoms with Crippen LogP contribution in [0.3, 0.4) is 0 Å². The van der Waals surface area contributed by atoms with Crippen LogP contribution in [-0.2, 0) is 0 Å². The van der Waals surface area contributed by atoms with Crippen molar-refractivity contribution >= 4 is 45.8 Å². The summed E-state index contributed by atoms with van der Waals surface area (Å²) in [5, 5.41) is 12.8. The molecule has 0 aromatic heterocycles. The highest BCUT2D eigenvalue weighted by Gasteiger charge is 2.29. The van der Waals surface area contributed by atoms with Gasteiger partial charge in [-0.1, -0.05) is 34.8 Å². The van der Waals surface area contributed by atoms with E-state index in [1.807, 2.05) is 20.8 Å². The molecule has 6 heteroatoms. The second-order valence-electron chi connectivity index (χ2n) is 8.03. The SMILES string of the molecule is Cc1c(Cl)ccc(Cl)c1-c1c2c(C)c(Cl)c(=O)c(C)c-2oc2c(C)c(O)c(C)c(C)c12. The molecule has 0 atom stereocenters. The van der Waals surface area contributed by atoms with Crippen molar-refractivity contribution in [2.45, 2.75) is 41.5 Å².